The van der Waals surface area contributed by atoms with E-state index in [1.54, 1.807) is 0 Å². The zero-order valence-electron chi connectivity index (χ0n) is 8.53. The molecule has 0 radical (unpaired) electrons. The summed E-state index contributed by atoms with van der Waals surface area (Å²) in [6, 6.07) is 16.0. The molecule has 0 amide bonds. The Morgan fingerprint density at radius 1 is 0.938 bits per heavy atom. The Balaban J connectivity index is 2.38. The van der Waals surface area contributed by atoms with Gasteiger partial charge in [-0.2, -0.15) is 0 Å². The predicted octanol–water partition coefficient (Wildman–Crippen LogP) is 4.26. The lowest BCUT2D eigenvalue weighted by molar-refractivity contribution is 0.865. The van der Waals surface area contributed by atoms with Crippen molar-refractivity contribution < 1.29 is 0 Å². The molecule has 0 aliphatic heterocycles. The molecule has 16 heavy (non-hydrogen) atoms. The lowest BCUT2D eigenvalue weighted by Gasteiger charge is -2.14. The van der Waals surface area contributed by atoms with Gasteiger partial charge in [0.15, 0.2) is 0 Å². The van der Waals surface area contributed by atoms with Crippen molar-refractivity contribution >= 4 is 31.9 Å². The van der Waals surface area contributed by atoms with E-state index in [1.807, 2.05) is 48.5 Å². The molecule has 1 nitrogen and oxygen atoms in total. The zero-order chi connectivity index (χ0) is 11.5. The van der Waals surface area contributed by atoms with Gasteiger partial charge in [0.25, 0.3) is 0 Å². The second-order valence-electron chi connectivity index (χ2n) is 3.55. The third-order valence-electron chi connectivity index (χ3n) is 2.46. The van der Waals surface area contributed by atoms with Crippen LogP contribution in [0.4, 0.5) is 0 Å². The van der Waals surface area contributed by atoms with E-state index in [1.165, 1.54) is 0 Å². The third kappa shape index (κ3) is 2.54. The largest absolute Gasteiger partial charge is 0.320 e. The van der Waals surface area contributed by atoms with Crippen LogP contribution >= 0.6 is 31.9 Å². The Hall–Kier alpha value is -0.640. The second-order valence-corrected chi connectivity index (χ2v) is 5.32. The van der Waals surface area contributed by atoms with Crippen LogP contribution in [0.3, 0.4) is 0 Å². The van der Waals surface area contributed by atoms with E-state index in [0.29, 0.717) is 0 Å². The molecule has 0 saturated heterocycles. The molecule has 2 rings (SSSR count). The summed E-state index contributed by atoms with van der Waals surface area (Å²) in [5, 5.41) is 0. The van der Waals surface area contributed by atoms with Crippen LogP contribution in [0.5, 0.6) is 0 Å². The first-order valence-corrected chi connectivity index (χ1v) is 6.52. The minimum atomic E-state index is -0.0938. The molecule has 1 unspecified atom stereocenters. The van der Waals surface area contributed by atoms with Crippen molar-refractivity contribution in [2.75, 3.05) is 0 Å². The number of hydrogen-bond acceptors (Lipinski definition) is 1. The average Bonchev–Trinajstić information content (AvgIpc) is 2.29. The first kappa shape index (κ1) is 11.8. The van der Waals surface area contributed by atoms with Crippen molar-refractivity contribution in [3.63, 3.8) is 0 Å². The van der Waals surface area contributed by atoms with Crippen molar-refractivity contribution in [2.45, 2.75) is 6.04 Å². The van der Waals surface area contributed by atoms with Gasteiger partial charge in [-0.05, 0) is 23.3 Å². The van der Waals surface area contributed by atoms with Crippen LogP contribution in [-0.2, 0) is 0 Å². The fraction of sp³-hybridized carbons (Fsp3) is 0.0769. The van der Waals surface area contributed by atoms with Gasteiger partial charge in [-0.3, -0.25) is 0 Å². The molecule has 0 aliphatic rings. The highest BCUT2D eigenvalue weighted by molar-refractivity contribution is 9.11. The molecule has 2 aromatic rings. The summed E-state index contributed by atoms with van der Waals surface area (Å²) in [5.74, 6) is 0. The highest BCUT2D eigenvalue weighted by Crippen LogP contribution is 2.29. The highest BCUT2D eigenvalue weighted by atomic mass is 79.9. The van der Waals surface area contributed by atoms with E-state index in [4.69, 9.17) is 5.73 Å². The van der Waals surface area contributed by atoms with E-state index >= 15 is 0 Å². The van der Waals surface area contributed by atoms with E-state index in [2.05, 4.69) is 31.9 Å². The van der Waals surface area contributed by atoms with Gasteiger partial charge in [0.1, 0.15) is 0 Å². The molecule has 0 bridgehead atoms. The number of nitrogens with two attached hydrogens (primary N) is 1. The van der Waals surface area contributed by atoms with Gasteiger partial charge in [-0.25, -0.2) is 0 Å². The average molecular weight is 341 g/mol. The molecule has 0 saturated carbocycles. The van der Waals surface area contributed by atoms with Crippen LogP contribution in [0.1, 0.15) is 17.2 Å². The van der Waals surface area contributed by atoms with Crippen LogP contribution in [0.25, 0.3) is 0 Å². The Morgan fingerprint density at radius 3 is 2.25 bits per heavy atom. The van der Waals surface area contributed by atoms with Gasteiger partial charge in [-0.15, -0.1) is 0 Å². The Bertz CT molecular complexity index is 483. The van der Waals surface area contributed by atoms with E-state index in [-0.39, 0.29) is 6.04 Å². The molecule has 0 heterocycles. The summed E-state index contributed by atoms with van der Waals surface area (Å²) in [6.07, 6.45) is 0. The maximum Gasteiger partial charge on any atom is 0.0562 e. The second kappa shape index (κ2) is 5.13. The fourth-order valence-electron chi connectivity index (χ4n) is 1.59. The van der Waals surface area contributed by atoms with Crippen molar-refractivity contribution in [2.24, 2.45) is 5.73 Å². The van der Waals surface area contributed by atoms with Gasteiger partial charge in [0.2, 0.25) is 0 Å². The van der Waals surface area contributed by atoms with Crippen LogP contribution < -0.4 is 5.73 Å². The molecule has 0 spiro atoms. The fourth-order valence-corrected chi connectivity index (χ4v) is 2.89. The molecule has 82 valence electrons. The molecule has 2 N–H and O–H groups in total. The van der Waals surface area contributed by atoms with Gasteiger partial charge in [-0.1, -0.05) is 68.3 Å². The maximum atomic E-state index is 6.22. The first-order chi connectivity index (χ1) is 7.68. The summed E-state index contributed by atoms with van der Waals surface area (Å²) in [6.45, 7) is 0. The standard InChI is InChI=1S/C13H11Br2N/c14-10-6-7-11(12(15)8-10)13(16)9-4-2-1-3-5-9/h1-8,13H,16H2. The SMILES string of the molecule is NC(c1ccccc1)c1ccc(Br)cc1Br. The van der Waals surface area contributed by atoms with Gasteiger partial charge in [0, 0.05) is 8.95 Å². The van der Waals surface area contributed by atoms with Crippen LogP contribution in [0.2, 0.25) is 0 Å². The number of hydrogen-bond donors (Lipinski definition) is 1. The van der Waals surface area contributed by atoms with Crippen LogP contribution in [0.15, 0.2) is 57.5 Å². The summed E-state index contributed by atoms with van der Waals surface area (Å²) in [5.41, 5.74) is 8.43. The van der Waals surface area contributed by atoms with Crippen molar-refractivity contribution in [1.82, 2.24) is 0 Å². The molecular weight excluding hydrogens is 330 g/mol. The van der Waals surface area contributed by atoms with E-state index < -0.39 is 0 Å². The van der Waals surface area contributed by atoms with Crippen molar-refractivity contribution in [3.8, 4) is 0 Å². The minimum absolute atomic E-state index is 0.0938. The number of halogens is 2. The topological polar surface area (TPSA) is 26.0 Å². The maximum absolute atomic E-state index is 6.22. The quantitative estimate of drug-likeness (QED) is 0.868. The molecular formula is C13H11Br2N. The minimum Gasteiger partial charge on any atom is -0.320 e. The van der Waals surface area contributed by atoms with Gasteiger partial charge >= 0.3 is 0 Å². The van der Waals surface area contributed by atoms with Gasteiger partial charge < -0.3 is 5.73 Å². The van der Waals surface area contributed by atoms with Crippen molar-refractivity contribution in [3.05, 3.63) is 68.6 Å². The van der Waals surface area contributed by atoms with Crippen molar-refractivity contribution in [1.29, 1.82) is 0 Å². The van der Waals surface area contributed by atoms with Crippen LogP contribution in [0, 0.1) is 0 Å². The first-order valence-electron chi connectivity index (χ1n) is 4.94. The lowest BCUT2D eigenvalue weighted by atomic mass is 10.00. The summed E-state index contributed by atoms with van der Waals surface area (Å²) >= 11 is 6.97. The summed E-state index contributed by atoms with van der Waals surface area (Å²) < 4.78 is 2.07. The van der Waals surface area contributed by atoms with Gasteiger partial charge in [0.05, 0.1) is 6.04 Å². The highest BCUT2D eigenvalue weighted by Gasteiger charge is 2.11. The molecule has 3 heteroatoms. The molecule has 0 fully saturated rings. The Kier molecular flexibility index (Phi) is 3.79. The lowest BCUT2D eigenvalue weighted by Crippen LogP contribution is -2.12. The molecule has 1 atom stereocenters. The summed E-state index contributed by atoms with van der Waals surface area (Å²) in [4.78, 5) is 0. The monoisotopic (exact) mass is 339 g/mol. The Morgan fingerprint density at radius 2 is 1.62 bits per heavy atom. The van der Waals surface area contributed by atoms with E-state index in [9.17, 15) is 0 Å². The molecule has 2 aromatic carbocycles. The third-order valence-corrected chi connectivity index (χ3v) is 3.64. The molecule has 0 aromatic heterocycles. The Labute approximate surface area is 112 Å². The van der Waals surface area contributed by atoms with E-state index in [0.717, 1.165) is 20.1 Å². The normalized spacial score (nSPS) is 12.4. The smallest absolute Gasteiger partial charge is 0.0562 e. The number of rotatable bonds is 2. The molecule has 0 aliphatic carbocycles. The van der Waals surface area contributed by atoms with Crippen LogP contribution in [-0.4, -0.2) is 0 Å². The predicted molar refractivity (Wildman–Crippen MR) is 74.3 cm³/mol. The number of benzene rings is 2. The zero-order valence-corrected chi connectivity index (χ0v) is 11.7. The summed E-state index contributed by atoms with van der Waals surface area (Å²) in [7, 11) is 0.